The highest BCUT2D eigenvalue weighted by atomic mass is 19.4. The van der Waals surface area contributed by atoms with Gasteiger partial charge in [-0.25, -0.2) is 4.79 Å². The number of carboxylic acids is 2. The molecule has 3 fully saturated rings. The standard InChI is InChI=1S/C7H11NO2.C2HF3O2/c9-6(10)7-3-1-2-5(4-7)8-7;3-2(4,5)1(6)7/h5,8H,1-4H2,(H,9,10);(H,6,7). The van der Waals surface area contributed by atoms with E-state index in [1.165, 1.54) is 0 Å². The first kappa shape index (κ1) is 13.8. The number of fused-ring (bicyclic) bond motifs is 2. The van der Waals surface area contributed by atoms with Gasteiger partial charge < -0.3 is 10.2 Å². The summed E-state index contributed by atoms with van der Waals surface area (Å²) in [5.74, 6) is -3.42. The van der Waals surface area contributed by atoms with Crippen molar-refractivity contribution < 1.29 is 33.0 Å². The maximum Gasteiger partial charge on any atom is 0.490 e. The minimum absolute atomic E-state index is 0.504. The molecule has 2 bridgehead atoms. The molecule has 1 aliphatic carbocycles. The lowest BCUT2D eigenvalue weighted by molar-refractivity contribution is -0.192. The smallest absolute Gasteiger partial charge is 0.480 e. The number of nitrogens with one attached hydrogen (secondary N) is 1. The molecule has 2 heterocycles. The summed E-state index contributed by atoms with van der Waals surface area (Å²) in [6, 6.07) is 0.504. The van der Waals surface area contributed by atoms with Gasteiger partial charge in [0.05, 0.1) is 0 Å². The maximum atomic E-state index is 10.7. The molecule has 0 radical (unpaired) electrons. The minimum Gasteiger partial charge on any atom is -0.480 e. The van der Waals surface area contributed by atoms with Gasteiger partial charge in [-0.05, 0) is 25.7 Å². The lowest BCUT2D eigenvalue weighted by Crippen LogP contribution is -2.70. The van der Waals surface area contributed by atoms with Gasteiger partial charge in [0.15, 0.2) is 0 Å². The van der Waals surface area contributed by atoms with Gasteiger partial charge in [-0.3, -0.25) is 10.1 Å². The van der Waals surface area contributed by atoms with Crippen LogP contribution in [0.5, 0.6) is 0 Å². The Hall–Kier alpha value is -1.31. The third-order valence-electron chi connectivity index (χ3n) is 2.88. The monoisotopic (exact) mass is 255 g/mol. The van der Waals surface area contributed by atoms with E-state index in [0.717, 1.165) is 25.7 Å². The molecule has 5 nitrogen and oxygen atoms in total. The number of halogens is 3. The fraction of sp³-hybridized carbons (Fsp3) is 0.778. The fourth-order valence-corrected chi connectivity index (χ4v) is 2.04. The Bertz CT molecular complexity index is 317. The Morgan fingerprint density at radius 3 is 1.94 bits per heavy atom. The summed E-state index contributed by atoms with van der Waals surface area (Å²) < 4.78 is 31.7. The molecular weight excluding hydrogens is 243 g/mol. The predicted octanol–water partition coefficient (Wildman–Crippen LogP) is 0.989. The van der Waals surface area contributed by atoms with Crippen molar-refractivity contribution in [1.82, 2.24) is 5.32 Å². The van der Waals surface area contributed by atoms with E-state index in [1.807, 2.05) is 0 Å². The lowest BCUT2D eigenvalue weighted by atomic mass is 9.71. The number of rotatable bonds is 1. The van der Waals surface area contributed by atoms with E-state index in [2.05, 4.69) is 5.32 Å². The van der Waals surface area contributed by atoms with Crippen LogP contribution in [0.1, 0.15) is 25.7 Å². The van der Waals surface area contributed by atoms with Crippen molar-refractivity contribution in [3.05, 3.63) is 0 Å². The molecule has 2 unspecified atom stereocenters. The first-order valence-corrected chi connectivity index (χ1v) is 4.98. The van der Waals surface area contributed by atoms with Gasteiger partial charge in [-0.15, -0.1) is 0 Å². The molecular formula is C9H12F3NO4. The van der Waals surface area contributed by atoms with Gasteiger partial charge in [0.25, 0.3) is 0 Å². The van der Waals surface area contributed by atoms with Gasteiger partial charge in [-0.2, -0.15) is 13.2 Å². The summed E-state index contributed by atoms with van der Waals surface area (Å²) in [6.45, 7) is 0. The molecule has 3 aliphatic rings. The Labute approximate surface area is 94.6 Å². The largest absolute Gasteiger partial charge is 0.490 e. The van der Waals surface area contributed by atoms with E-state index in [-0.39, 0.29) is 0 Å². The van der Waals surface area contributed by atoms with Crippen LogP contribution in [0.3, 0.4) is 0 Å². The van der Waals surface area contributed by atoms with Crippen molar-refractivity contribution in [1.29, 1.82) is 0 Å². The number of alkyl halides is 3. The zero-order chi connectivity index (χ0) is 13.3. The van der Waals surface area contributed by atoms with Crippen LogP contribution in [-0.4, -0.2) is 39.9 Å². The molecule has 2 aliphatic heterocycles. The highest BCUT2D eigenvalue weighted by Crippen LogP contribution is 2.37. The molecule has 0 aromatic rings. The normalized spacial score (nSPS) is 30.6. The van der Waals surface area contributed by atoms with Crippen LogP contribution in [-0.2, 0) is 9.59 Å². The van der Waals surface area contributed by atoms with Crippen molar-refractivity contribution in [2.75, 3.05) is 0 Å². The number of carboxylic acid groups (broad SMARTS) is 2. The number of aliphatic carboxylic acids is 2. The molecule has 8 heteroatoms. The van der Waals surface area contributed by atoms with Crippen LogP contribution in [0.2, 0.25) is 0 Å². The summed E-state index contributed by atoms with van der Waals surface area (Å²) in [7, 11) is 0. The van der Waals surface area contributed by atoms with E-state index in [1.54, 1.807) is 0 Å². The number of hydrogen-bond acceptors (Lipinski definition) is 3. The molecule has 1 saturated carbocycles. The first-order valence-electron chi connectivity index (χ1n) is 4.98. The Kier molecular flexibility index (Phi) is 3.65. The third-order valence-corrected chi connectivity index (χ3v) is 2.88. The van der Waals surface area contributed by atoms with Crippen molar-refractivity contribution in [2.45, 2.75) is 43.4 Å². The highest BCUT2D eigenvalue weighted by molar-refractivity contribution is 5.80. The molecule has 98 valence electrons. The topological polar surface area (TPSA) is 86.6 Å². The molecule has 3 N–H and O–H groups in total. The van der Waals surface area contributed by atoms with Crippen LogP contribution in [0.4, 0.5) is 13.2 Å². The van der Waals surface area contributed by atoms with E-state index >= 15 is 0 Å². The molecule has 0 amide bonds. The second kappa shape index (κ2) is 4.52. The average molecular weight is 255 g/mol. The summed E-state index contributed by atoms with van der Waals surface area (Å²) in [4.78, 5) is 19.5. The van der Waals surface area contributed by atoms with Gasteiger partial charge in [0, 0.05) is 6.04 Å². The average Bonchev–Trinajstić information content (AvgIpc) is 2.16. The zero-order valence-corrected chi connectivity index (χ0v) is 8.75. The van der Waals surface area contributed by atoms with Crippen LogP contribution in [0.25, 0.3) is 0 Å². The third kappa shape index (κ3) is 3.09. The molecule has 2 saturated heterocycles. The molecule has 2 atom stereocenters. The van der Waals surface area contributed by atoms with Crippen LogP contribution in [0, 0.1) is 0 Å². The second-order valence-electron chi connectivity index (χ2n) is 4.13. The summed E-state index contributed by atoms with van der Waals surface area (Å²) in [5.41, 5.74) is -0.511. The van der Waals surface area contributed by atoms with Gasteiger partial charge in [0.2, 0.25) is 0 Å². The summed E-state index contributed by atoms with van der Waals surface area (Å²) >= 11 is 0. The number of carbonyl (C=O) groups is 2. The van der Waals surface area contributed by atoms with E-state index in [4.69, 9.17) is 15.0 Å². The molecule has 0 spiro atoms. The summed E-state index contributed by atoms with van der Waals surface area (Å²) in [5, 5.41) is 19.0. The SMILES string of the molecule is O=C(O)C(F)(F)F.O=C(O)C12CCCC(C1)N2. The van der Waals surface area contributed by atoms with Crippen LogP contribution >= 0.6 is 0 Å². The van der Waals surface area contributed by atoms with E-state index in [0.29, 0.717) is 6.04 Å². The first-order chi connectivity index (χ1) is 7.67. The van der Waals surface area contributed by atoms with Crippen LogP contribution < -0.4 is 5.32 Å². The fourth-order valence-electron chi connectivity index (χ4n) is 2.04. The highest BCUT2D eigenvalue weighted by Gasteiger charge is 2.52. The van der Waals surface area contributed by atoms with Gasteiger partial charge in [0.1, 0.15) is 5.54 Å². The molecule has 0 aromatic carbocycles. The van der Waals surface area contributed by atoms with Crippen LogP contribution in [0.15, 0.2) is 0 Å². The number of hydrogen-bond donors (Lipinski definition) is 3. The quantitative estimate of drug-likeness (QED) is 0.650. The Morgan fingerprint density at radius 2 is 1.76 bits per heavy atom. The molecule has 3 rings (SSSR count). The Balaban J connectivity index is 0.000000185. The molecule has 17 heavy (non-hydrogen) atoms. The lowest BCUT2D eigenvalue weighted by Gasteiger charge is -2.50. The van der Waals surface area contributed by atoms with Crippen molar-refractivity contribution in [3.63, 3.8) is 0 Å². The van der Waals surface area contributed by atoms with Crippen molar-refractivity contribution in [3.8, 4) is 0 Å². The maximum absolute atomic E-state index is 10.7. The molecule has 0 aromatic heterocycles. The van der Waals surface area contributed by atoms with Crippen molar-refractivity contribution in [2.24, 2.45) is 0 Å². The van der Waals surface area contributed by atoms with Gasteiger partial charge in [-0.1, -0.05) is 0 Å². The summed E-state index contributed by atoms with van der Waals surface area (Å²) in [6.07, 6.45) is -1.18. The zero-order valence-electron chi connectivity index (χ0n) is 8.75. The minimum atomic E-state index is -5.08. The Morgan fingerprint density at radius 1 is 1.29 bits per heavy atom. The van der Waals surface area contributed by atoms with E-state index in [9.17, 15) is 18.0 Å². The van der Waals surface area contributed by atoms with Crippen molar-refractivity contribution >= 4 is 11.9 Å². The van der Waals surface area contributed by atoms with E-state index < -0.39 is 23.7 Å². The number of piperidine rings is 1. The second-order valence-corrected chi connectivity index (χ2v) is 4.13. The van der Waals surface area contributed by atoms with Gasteiger partial charge >= 0.3 is 18.1 Å². The predicted molar refractivity (Wildman–Crippen MR) is 49.4 cm³/mol.